The van der Waals surface area contributed by atoms with Crippen LogP contribution in [0.2, 0.25) is 0 Å². The molecule has 166 valence electrons. The molecule has 0 fully saturated rings. The number of halogens is 1. The quantitative estimate of drug-likeness (QED) is 0.458. The lowest BCUT2D eigenvalue weighted by atomic mass is 10.0. The fourth-order valence-electron chi connectivity index (χ4n) is 4.36. The van der Waals surface area contributed by atoms with E-state index in [4.69, 9.17) is 4.74 Å². The number of aromatic nitrogens is 1. The van der Waals surface area contributed by atoms with Gasteiger partial charge in [0, 0.05) is 18.4 Å². The maximum atomic E-state index is 13.5. The fourth-order valence-corrected chi connectivity index (χ4v) is 4.36. The average molecular weight is 442 g/mol. The second-order valence-corrected chi connectivity index (χ2v) is 8.02. The highest BCUT2D eigenvalue weighted by atomic mass is 19.1. The minimum atomic E-state index is -0.300. The van der Waals surface area contributed by atoms with Gasteiger partial charge < -0.3 is 19.5 Å². The first-order valence-electron chi connectivity index (χ1n) is 10.8. The molecule has 1 atom stereocenters. The lowest BCUT2D eigenvalue weighted by Gasteiger charge is -2.31. The number of para-hydroxylation sites is 1. The molecule has 0 aliphatic carbocycles. The highest BCUT2D eigenvalue weighted by Gasteiger charge is 2.32. The normalized spacial score (nSPS) is 14.7. The van der Waals surface area contributed by atoms with Gasteiger partial charge in [0.05, 0.1) is 25.4 Å². The summed E-state index contributed by atoms with van der Waals surface area (Å²) in [5, 5.41) is 3.02. The number of nitrogens with one attached hydrogen (secondary N) is 1. The smallest absolute Gasteiger partial charge is 0.318 e. The van der Waals surface area contributed by atoms with E-state index in [0.29, 0.717) is 13.1 Å². The van der Waals surface area contributed by atoms with Gasteiger partial charge in [-0.2, -0.15) is 0 Å². The third-order valence-corrected chi connectivity index (χ3v) is 6.01. The number of methoxy groups -OCH3 is 1. The molecule has 1 aliphatic heterocycles. The van der Waals surface area contributed by atoms with Gasteiger partial charge in [-0.3, -0.25) is 0 Å². The topological polar surface area (TPSA) is 46.5 Å². The SMILES string of the molecule is COc1ccc([C@@H]2c3cccn3-c3ccccc3CN2C(=O)NCc2ccc(F)cc2)cc1. The van der Waals surface area contributed by atoms with Crippen LogP contribution in [0, 0.1) is 5.82 Å². The molecule has 0 saturated heterocycles. The summed E-state index contributed by atoms with van der Waals surface area (Å²) in [4.78, 5) is 15.4. The van der Waals surface area contributed by atoms with Crippen LogP contribution in [-0.2, 0) is 13.1 Å². The lowest BCUT2D eigenvalue weighted by molar-refractivity contribution is 0.180. The van der Waals surface area contributed by atoms with Crippen LogP contribution in [0.4, 0.5) is 9.18 Å². The summed E-state index contributed by atoms with van der Waals surface area (Å²) >= 11 is 0. The Morgan fingerprint density at radius 1 is 1.00 bits per heavy atom. The van der Waals surface area contributed by atoms with Gasteiger partial charge in [0.25, 0.3) is 0 Å². The molecule has 0 saturated carbocycles. The van der Waals surface area contributed by atoms with Crippen molar-refractivity contribution in [2.45, 2.75) is 19.1 Å². The summed E-state index contributed by atoms with van der Waals surface area (Å²) < 4.78 is 20.7. The van der Waals surface area contributed by atoms with Crippen LogP contribution in [0.3, 0.4) is 0 Å². The number of amides is 2. The standard InChI is InChI=1S/C27H24FN3O2/c1-33-23-14-10-20(11-15-23)26-25-7-4-16-30(25)24-6-3-2-5-21(24)18-31(26)27(32)29-17-19-8-12-22(28)13-9-19/h2-16,26H,17-18H2,1H3,(H,29,32)/t26-/m1/s1. The number of rotatable bonds is 4. The summed E-state index contributed by atoms with van der Waals surface area (Å²) in [6.45, 7) is 0.761. The van der Waals surface area contributed by atoms with Crippen LogP contribution >= 0.6 is 0 Å². The molecule has 5 nitrogen and oxygen atoms in total. The third kappa shape index (κ3) is 4.07. The largest absolute Gasteiger partial charge is 0.497 e. The van der Waals surface area contributed by atoms with E-state index < -0.39 is 0 Å². The first-order chi connectivity index (χ1) is 16.1. The van der Waals surface area contributed by atoms with E-state index in [1.54, 1.807) is 19.2 Å². The second-order valence-electron chi connectivity index (χ2n) is 8.02. The molecule has 1 N–H and O–H groups in total. The molecule has 0 radical (unpaired) electrons. The van der Waals surface area contributed by atoms with Gasteiger partial charge in [0.15, 0.2) is 0 Å². The zero-order valence-electron chi connectivity index (χ0n) is 18.2. The van der Waals surface area contributed by atoms with Crippen molar-refractivity contribution < 1.29 is 13.9 Å². The molecular weight excluding hydrogens is 417 g/mol. The predicted octanol–water partition coefficient (Wildman–Crippen LogP) is 5.44. The number of fused-ring (bicyclic) bond motifs is 3. The Balaban J connectivity index is 1.54. The van der Waals surface area contributed by atoms with E-state index in [0.717, 1.165) is 33.8 Å². The van der Waals surface area contributed by atoms with Crippen LogP contribution < -0.4 is 10.1 Å². The number of benzene rings is 3. The summed E-state index contributed by atoms with van der Waals surface area (Å²) in [5.41, 5.74) is 4.94. The first-order valence-corrected chi connectivity index (χ1v) is 10.8. The summed E-state index contributed by atoms with van der Waals surface area (Å²) in [6, 6.07) is 25.7. The van der Waals surface area contributed by atoms with Crippen LogP contribution in [-0.4, -0.2) is 22.6 Å². The molecule has 2 heterocycles. The molecule has 4 aromatic rings. The molecule has 5 rings (SSSR count). The summed E-state index contributed by atoms with van der Waals surface area (Å²) in [6.07, 6.45) is 2.03. The molecule has 2 amide bonds. The summed E-state index contributed by atoms with van der Waals surface area (Å²) in [7, 11) is 1.64. The van der Waals surface area contributed by atoms with Gasteiger partial charge >= 0.3 is 6.03 Å². The van der Waals surface area contributed by atoms with Gasteiger partial charge in [-0.15, -0.1) is 0 Å². The van der Waals surface area contributed by atoms with E-state index in [2.05, 4.69) is 28.1 Å². The molecule has 0 spiro atoms. The Labute approximate surface area is 192 Å². The van der Waals surface area contributed by atoms with E-state index >= 15 is 0 Å². The average Bonchev–Trinajstić information content (AvgIpc) is 3.28. The molecular formula is C27H24FN3O2. The fraction of sp³-hybridized carbons (Fsp3) is 0.148. The van der Waals surface area contributed by atoms with Crippen molar-refractivity contribution in [2.24, 2.45) is 0 Å². The number of carbonyl (C=O) groups is 1. The van der Waals surface area contributed by atoms with Gasteiger partial charge in [0.1, 0.15) is 11.6 Å². The van der Waals surface area contributed by atoms with Crippen LogP contribution in [0.5, 0.6) is 5.75 Å². The minimum Gasteiger partial charge on any atom is -0.497 e. The highest BCUT2D eigenvalue weighted by molar-refractivity contribution is 5.76. The monoisotopic (exact) mass is 441 g/mol. The molecule has 0 unspecified atom stereocenters. The van der Waals surface area contributed by atoms with Crippen molar-refractivity contribution in [1.29, 1.82) is 0 Å². The van der Waals surface area contributed by atoms with E-state index in [9.17, 15) is 9.18 Å². The Hall–Kier alpha value is -4.06. The maximum absolute atomic E-state index is 13.5. The molecule has 33 heavy (non-hydrogen) atoms. The Kier molecular flexibility index (Phi) is 5.57. The van der Waals surface area contributed by atoms with Crippen molar-refractivity contribution in [2.75, 3.05) is 7.11 Å². The van der Waals surface area contributed by atoms with E-state index in [1.165, 1.54) is 12.1 Å². The Morgan fingerprint density at radius 3 is 2.52 bits per heavy atom. The zero-order chi connectivity index (χ0) is 22.8. The zero-order valence-corrected chi connectivity index (χ0v) is 18.2. The molecule has 0 bridgehead atoms. The number of hydrogen-bond acceptors (Lipinski definition) is 2. The van der Waals surface area contributed by atoms with Crippen molar-refractivity contribution >= 4 is 6.03 Å². The van der Waals surface area contributed by atoms with Crippen molar-refractivity contribution in [3.63, 3.8) is 0 Å². The second kappa shape index (κ2) is 8.82. The molecule has 6 heteroatoms. The minimum absolute atomic E-state index is 0.190. The Morgan fingerprint density at radius 2 is 1.76 bits per heavy atom. The molecule has 3 aromatic carbocycles. The summed E-state index contributed by atoms with van der Waals surface area (Å²) in [5.74, 6) is 0.466. The number of urea groups is 1. The molecule has 1 aromatic heterocycles. The number of hydrogen-bond donors (Lipinski definition) is 1. The van der Waals surface area contributed by atoms with Crippen LogP contribution in [0.25, 0.3) is 5.69 Å². The van der Waals surface area contributed by atoms with E-state index in [-0.39, 0.29) is 17.9 Å². The third-order valence-electron chi connectivity index (χ3n) is 6.01. The van der Waals surface area contributed by atoms with Crippen molar-refractivity contribution in [1.82, 2.24) is 14.8 Å². The maximum Gasteiger partial charge on any atom is 0.318 e. The van der Waals surface area contributed by atoms with Crippen LogP contribution in [0.15, 0.2) is 91.1 Å². The van der Waals surface area contributed by atoms with Gasteiger partial charge in [-0.25, -0.2) is 9.18 Å². The van der Waals surface area contributed by atoms with Gasteiger partial charge in [-0.05, 0) is 59.2 Å². The van der Waals surface area contributed by atoms with Gasteiger partial charge in [0.2, 0.25) is 0 Å². The number of carbonyl (C=O) groups excluding carboxylic acids is 1. The van der Waals surface area contributed by atoms with Crippen LogP contribution in [0.1, 0.15) is 28.4 Å². The van der Waals surface area contributed by atoms with E-state index in [1.807, 2.05) is 53.6 Å². The highest BCUT2D eigenvalue weighted by Crippen LogP contribution is 2.37. The predicted molar refractivity (Wildman–Crippen MR) is 125 cm³/mol. The lowest BCUT2D eigenvalue weighted by Crippen LogP contribution is -2.41. The van der Waals surface area contributed by atoms with Crippen molar-refractivity contribution in [3.8, 4) is 11.4 Å². The Bertz CT molecular complexity index is 1270. The van der Waals surface area contributed by atoms with Crippen molar-refractivity contribution in [3.05, 3.63) is 119 Å². The van der Waals surface area contributed by atoms with Gasteiger partial charge in [-0.1, -0.05) is 42.5 Å². The number of ether oxygens (including phenoxy) is 1. The number of nitrogens with zero attached hydrogens (tertiary/aromatic N) is 2. The first kappa shape index (κ1) is 20.8. The molecule has 1 aliphatic rings.